The summed E-state index contributed by atoms with van der Waals surface area (Å²) in [6, 6.07) is 4.46. The summed E-state index contributed by atoms with van der Waals surface area (Å²) >= 11 is 3.68. The molecule has 0 bridgehead atoms. The maximum Gasteiger partial charge on any atom is 0.122 e. The number of aryl methyl sites for hydroxylation is 1. The molecular formula is C16H21BrO. The minimum absolute atomic E-state index is 0.277. The second kappa shape index (κ2) is 3.75. The van der Waals surface area contributed by atoms with Crippen molar-refractivity contribution in [2.75, 3.05) is 7.11 Å². The Morgan fingerprint density at radius 1 is 1.33 bits per heavy atom. The van der Waals surface area contributed by atoms with Crippen molar-refractivity contribution in [3.05, 3.63) is 27.7 Å². The molecule has 2 fully saturated rings. The molecule has 0 spiro atoms. The summed E-state index contributed by atoms with van der Waals surface area (Å²) in [7, 11) is 1.79. The minimum atomic E-state index is 0.277. The van der Waals surface area contributed by atoms with E-state index in [4.69, 9.17) is 4.74 Å². The lowest BCUT2D eigenvalue weighted by atomic mass is 9.70. The van der Waals surface area contributed by atoms with Crippen molar-refractivity contribution in [3.8, 4) is 5.75 Å². The highest BCUT2D eigenvalue weighted by Gasteiger charge is 2.66. The Balaban J connectivity index is 2.14. The monoisotopic (exact) mass is 308 g/mol. The molecule has 2 aliphatic rings. The van der Waals surface area contributed by atoms with Crippen molar-refractivity contribution < 1.29 is 4.74 Å². The molecule has 0 aliphatic heterocycles. The Labute approximate surface area is 118 Å². The molecule has 2 heteroatoms. The van der Waals surface area contributed by atoms with Gasteiger partial charge in [-0.2, -0.15) is 0 Å². The van der Waals surface area contributed by atoms with Gasteiger partial charge in [-0.3, -0.25) is 0 Å². The lowest BCUT2D eigenvalue weighted by Gasteiger charge is -2.35. The molecule has 1 aromatic rings. The van der Waals surface area contributed by atoms with Crippen molar-refractivity contribution in [3.63, 3.8) is 0 Å². The molecule has 0 N–H and O–H groups in total. The van der Waals surface area contributed by atoms with Crippen molar-refractivity contribution in [1.82, 2.24) is 0 Å². The van der Waals surface area contributed by atoms with Gasteiger partial charge >= 0.3 is 0 Å². The molecule has 3 atom stereocenters. The first-order chi connectivity index (χ1) is 8.42. The average Bonchev–Trinajstić information content (AvgIpc) is 2.95. The molecule has 0 radical (unpaired) electrons. The third-order valence-electron chi connectivity index (χ3n) is 5.74. The van der Waals surface area contributed by atoms with Gasteiger partial charge < -0.3 is 4.74 Å². The predicted octanol–water partition coefficient (Wildman–Crippen LogP) is 4.84. The van der Waals surface area contributed by atoms with Gasteiger partial charge in [0.05, 0.1) is 7.11 Å². The summed E-state index contributed by atoms with van der Waals surface area (Å²) in [4.78, 5) is 0. The van der Waals surface area contributed by atoms with Crippen LogP contribution >= 0.6 is 15.9 Å². The fraction of sp³-hybridized carbons (Fsp3) is 0.625. The highest BCUT2D eigenvalue weighted by molar-refractivity contribution is 9.10. The number of ether oxygens (including phenoxy) is 1. The Hall–Kier alpha value is -0.500. The molecule has 98 valence electrons. The Morgan fingerprint density at radius 3 is 2.56 bits per heavy atom. The third-order valence-corrected chi connectivity index (χ3v) is 6.59. The molecule has 2 aliphatic carbocycles. The van der Waals surface area contributed by atoms with Crippen molar-refractivity contribution in [1.29, 1.82) is 0 Å². The maximum absolute atomic E-state index is 5.65. The molecule has 18 heavy (non-hydrogen) atoms. The van der Waals surface area contributed by atoms with Crippen LogP contribution in [0.1, 0.15) is 44.2 Å². The number of benzene rings is 1. The van der Waals surface area contributed by atoms with E-state index in [9.17, 15) is 0 Å². The van der Waals surface area contributed by atoms with Gasteiger partial charge in [-0.15, -0.1) is 0 Å². The van der Waals surface area contributed by atoms with E-state index in [1.54, 1.807) is 7.11 Å². The molecular weight excluding hydrogens is 288 g/mol. The summed E-state index contributed by atoms with van der Waals surface area (Å²) in [6.07, 6.45) is 4.06. The van der Waals surface area contributed by atoms with Crippen molar-refractivity contribution in [2.45, 2.75) is 45.4 Å². The lowest BCUT2D eigenvalue weighted by molar-refractivity contribution is 0.295. The second-order valence-corrected chi connectivity index (χ2v) is 7.35. The van der Waals surface area contributed by atoms with Crippen LogP contribution in [0.5, 0.6) is 5.75 Å². The van der Waals surface area contributed by atoms with Crippen LogP contribution in [0.15, 0.2) is 16.6 Å². The van der Waals surface area contributed by atoms with Gasteiger partial charge in [0.25, 0.3) is 0 Å². The van der Waals surface area contributed by atoms with E-state index in [0.29, 0.717) is 5.41 Å². The molecule has 0 unspecified atom stereocenters. The van der Waals surface area contributed by atoms with Gasteiger partial charge in [-0.25, -0.2) is 0 Å². The number of methoxy groups -OCH3 is 1. The van der Waals surface area contributed by atoms with Gasteiger partial charge in [0, 0.05) is 15.5 Å². The van der Waals surface area contributed by atoms with Crippen LogP contribution in [0.25, 0.3) is 0 Å². The predicted molar refractivity (Wildman–Crippen MR) is 78.2 cm³/mol. The number of hydrogen-bond acceptors (Lipinski definition) is 1. The maximum atomic E-state index is 5.65. The van der Waals surface area contributed by atoms with E-state index in [2.05, 4.69) is 48.8 Å². The lowest BCUT2D eigenvalue weighted by Crippen LogP contribution is -2.29. The first-order valence-electron chi connectivity index (χ1n) is 6.77. The summed E-state index contributed by atoms with van der Waals surface area (Å²) in [5, 5.41) is 0. The standard InChI is InChI=1S/C16H21BrO/c1-10-7-14(18-4)12(8-13(10)17)15(2)6-5-11-9-16(11,15)3/h7-8,11H,5-6,9H2,1-4H3/t11-,15+,16+/m1/s1. The topological polar surface area (TPSA) is 9.23 Å². The van der Waals surface area contributed by atoms with Gasteiger partial charge in [-0.1, -0.05) is 29.8 Å². The molecule has 1 nitrogen and oxygen atoms in total. The molecule has 0 heterocycles. The van der Waals surface area contributed by atoms with Crippen molar-refractivity contribution >= 4 is 15.9 Å². The quantitative estimate of drug-likeness (QED) is 0.759. The van der Waals surface area contributed by atoms with Gasteiger partial charge in [-0.05, 0) is 55.2 Å². The van der Waals surface area contributed by atoms with Crippen LogP contribution in [-0.4, -0.2) is 7.11 Å². The van der Waals surface area contributed by atoms with Gasteiger partial charge in [0.2, 0.25) is 0 Å². The van der Waals surface area contributed by atoms with Crippen molar-refractivity contribution in [2.24, 2.45) is 11.3 Å². The zero-order chi connectivity index (χ0) is 13.1. The fourth-order valence-electron chi connectivity index (χ4n) is 4.00. The van der Waals surface area contributed by atoms with Crippen LogP contribution in [0.2, 0.25) is 0 Å². The van der Waals surface area contributed by atoms with E-state index in [-0.39, 0.29) is 5.41 Å². The molecule has 2 saturated carbocycles. The Morgan fingerprint density at radius 2 is 2.06 bits per heavy atom. The Kier molecular flexibility index (Phi) is 2.61. The van der Waals surface area contributed by atoms with Crippen LogP contribution in [0, 0.1) is 18.3 Å². The average molecular weight is 309 g/mol. The number of hydrogen-bond donors (Lipinski definition) is 0. The first-order valence-corrected chi connectivity index (χ1v) is 7.56. The smallest absolute Gasteiger partial charge is 0.122 e. The molecule has 0 aromatic heterocycles. The third kappa shape index (κ3) is 1.44. The second-order valence-electron chi connectivity index (χ2n) is 6.49. The number of rotatable bonds is 2. The summed E-state index contributed by atoms with van der Waals surface area (Å²) in [5.74, 6) is 2.00. The molecule has 1 aromatic carbocycles. The van der Waals surface area contributed by atoms with Crippen LogP contribution in [0.3, 0.4) is 0 Å². The van der Waals surface area contributed by atoms with Gasteiger partial charge in [0.1, 0.15) is 5.75 Å². The zero-order valence-electron chi connectivity index (χ0n) is 11.6. The van der Waals surface area contributed by atoms with E-state index in [1.807, 2.05) is 0 Å². The van der Waals surface area contributed by atoms with Crippen LogP contribution < -0.4 is 4.74 Å². The van der Waals surface area contributed by atoms with Crippen LogP contribution in [-0.2, 0) is 5.41 Å². The SMILES string of the molecule is COc1cc(C)c(Br)cc1[C@]1(C)CC[C@@H]2C[C@@]21C. The number of halogens is 1. The molecule has 3 rings (SSSR count). The van der Waals surface area contributed by atoms with Crippen LogP contribution in [0.4, 0.5) is 0 Å². The highest BCUT2D eigenvalue weighted by atomic mass is 79.9. The zero-order valence-corrected chi connectivity index (χ0v) is 13.2. The summed E-state index contributed by atoms with van der Waals surface area (Å²) < 4.78 is 6.85. The van der Waals surface area contributed by atoms with E-state index in [0.717, 1.165) is 11.7 Å². The Bertz CT molecular complexity index is 508. The molecule has 0 saturated heterocycles. The fourth-order valence-corrected chi connectivity index (χ4v) is 4.34. The van der Waals surface area contributed by atoms with E-state index in [1.165, 1.54) is 34.9 Å². The normalized spacial score (nSPS) is 37.5. The summed E-state index contributed by atoms with van der Waals surface area (Å²) in [5.41, 5.74) is 3.41. The minimum Gasteiger partial charge on any atom is -0.496 e. The molecule has 0 amide bonds. The largest absolute Gasteiger partial charge is 0.496 e. The summed E-state index contributed by atoms with van der Waals surface area (Å²) in [6.45, 7) is 7.01. The van der Waals surface area contributed by atoms with Gasteiger partial charge in [0.15, 0.2) is 0 Å². The number of fused-ring (bicyclic) bond motifs is 1. The highest BCUT2D eigenvalue weighted by Crippen LogP contribution is 2.73. The first kappa shape index (κ1) is 12.5. The van der Waals surface area contributed by atoms with E-state index < -0.39 is 0 Å². The van der Waals surface area contributed by atoms with E-state index >= 15 is 0 Å².